The zero-order chi connectivity index (χ0) is 24.5. The van der Waals surface area contributed by atoms with Crippen LogP contribution < -0.4 is 14.2 Å². The van der Waals surface area contributed by atoms with E-state index >= 15 is 0 Å². The van der Waals surface area contributed by atoms with E-state index in [2.05, 4.69) is 23.2 Å². The molecule has 2 unspecified atom stereocenters. The molecule has 0 fully saturated rings. The fourth-order valence-corrected chi connectivity index (χ4v) is 4.88. The summed E-state index contributed by atoms with van der Waals surface area (Å²) in [5, 5.41) is 7.80. The van der Waals surface area contributed by atoms with Crippen molar-refractivity contribution < 1.29 is 14.2 Å². The van der Waals surface area contributed by atoms with E-state index in [4.69, 9.17) is 30.9 Å². The van der Waals surface area contributed by atoms with Crippen molar-refractivity contribution in [3.63, 3.8) is 0 Å². The number of ether oxygens (including phenoxy) is 3. The number of halogens is 1. The molecule has 180 valence electrons. The number of methoxy groups -OCH3 is 1. The van der Waals surface area contributed by atoms with E-state index in [0.29, 0.717) is 11.6 Å². The smallest absolute Gasteiger partial charge is 0.214 e. The number of nitrogens with zero attached hydrogens (tertiary/aromatic N) is 2. The molecular weight excluding hydrogens is 472 g/mol. The molecule has 2 aliphatic heterocycles. The largest absolute Gasteiger partial charge is 0.493 e. The summed E-state index contributed by atoms with van der Waals surface area (Å²) in [6, 6.07) is 32.1. The summed E-state index contributed by atoms with van der Waals surface area (Å²) in [6.07, 6.45) is 0.367. The van der Waals surface area contributed by atoms with Gasteiger partial charge < -0.3 is 14.2 Å². The molecule has 0 amide bonds. The van der Waals surface area contributed by atoms with Crippen LogP contribution >= 0.6 is 11.6 Å². The highest BCUT2D eigenvalue weighted by molar-refractivity contribution is 6.30. The molecule has 4 aromatic carbocycles. The van der Waals surface area contributed by atoms with E-state index < -0.39 is 6.23 Å². The predicted molar refractivity (Wildman–Crippen MR) is 141 cm³/mol. The Morgan fingerprint density at radius 2 is 1.69 bits per heavy atom. The maximum absolute atomic E-state index is 6.56. The van der Waals surface area contributed by atoms with Gasteiger partial charge in [0, 0.05) is 22.6 Å². The van der Waals surface area contributed by atoms with Gasteiger partial charge in [0.05, 0.1) is 18.9 Å². The maximum Gasteiger partial charge on any atom is 0.214 e. The fourth-order valence-electron chi connectivity index (χ4n) is 4.75. The molecule has 2 aliphatic rings. The van der Waals surface area contributed by atoms with E-state index in [9.17, 15) is 0 Å². The van der Waals surface area contributed by atoms with Crippen molar-refractivity contribution in [1.29, 1.82) is 0 Å². The zero-order valence-electron chi connectivity index (χ0n) is 19.8. The molecule has 0 saturated heterocycles. The molecule has 0 radical (unpaired) electrons. The summed E-state index contributed by atoms with van der Waals surface area (Å²) in [4.78, 5) is 0. The summed E-state index contributed by atoms with van der Waals surface area (Å²) in [7, 11) is 1.67. The molecule has 5 nitrogen and oxygen atoms in total. The molecule has 36 heavy (non-hydrogen) atoms. The Kier molecular flexibility index (Phi) is 5.99. The first-order chi connectivity index (χ1) is 17.7. The lowest BCUT2D eigenvalue weighted by atomic mass is 9.95. The Hall–Kier alpha value is -3.96. The minimum absolute atomic E-state index is 0.0357. The van der Waals surface area contributed by atoms with Crippen molar-refractivity contribution in [2.75, 3.05) is 7.11 Å². The first-order valence-corrected chi connectivity index (χ1v) is 12.3. The van der Waals surface area contributed by atoms with Gasteiger partial charge >= 0.3 is 0 Å². The topological polar surface area (TPSA) is 43.3 Å². The SMILES string of the molecule is COc1cccc2c1OC(c1ccc(OCc3ccccc3)cc1)N1N=C(c3ccc(Cl)cc3)CC21. The van der Waals surface area contributed by atoms with E-state index in [1.807, 2.05) is 78.9 Å². The number of hydrogen-bond donors (Lipinski definition) is 0. The predicted octanol–water partition coefficient (Wildman–Crippen LogP) is 7.17. The quantitative estimate of drug-likeness (QED) is 0.284. The van der Waals surface area contributed by atoms with Gasteiger partial charge in [-0.05, 0) is 53.6 Å². The summed E-state index contributed by atoms with van der Waals surface area (Å²) < 4.78 is 18.2. The van der Waals surface area contributed by atoms with Gasteiger partial charge in [-0.2, -0.15) is 5.10 Å². The zero-order valence-corrected chi connectivity index (χ0v) is 20.6. The highest BCUT2D eigenvalue weighted by Gasteiger charge is 2.42. The minimum atomic E-state index is -0.397. The first kappa shape index (κ1) is 22.5. The first-order valence-electron chi connectivity index (χ1n) is 11.9. The highest BCUT2D eigenvalue weighted by Crippen LogP contribution is 2.50. The van der Waals surface area contributed by atoms with Gasteiger partial charge in [-0.3, -0.25) is 0 Å². The molecule has 4 aromatic rings. The lowest BCUT2D eigenvalue weighted by Gasteiger charge is -2.38. The average molecular weight is 497 g/mol. The standard InChI is InChI=1S/C30H25ClN2O3/c1-34-28-9-5-8-25-27-18-26(21-10-14-23(31)15-11-21)32-33(27)30(36-29(25)28)22-12-16-24(17-13-22)35-19-20-6-3-2-4-7-20/h2-17,27,30H,18-19H2,1H3. The van der Waals surface area contributed by atoms with Crippen LogP contribution in [0.4, 0.5) is 0 Å². The summed E-state index contributed by atoms with van der Waals surface area (Å²) in [6.45, 7) is 0.521. The second kappa shape index (κ2) is 9.59. The number of hydrogen-bond acceptors (Lipinski definition) is 5. The van der Waals surface area contributed by atoms with Gasteiger partial charge in [0.25, 0.3) is 0 Å². The van der Waals surface area contributed by atoms with Crippen molar-refractivity contribution in [1.82, 2.24) is 5.01 Å². The third-order valence-corrected chi connectivity index (χ3v) is 6.84. The monoisotopic (exact) mass is 496 g/mol. The highest BCUT2D eigenvalue weighted by atomic mass is 35.5. The minimum Gasteiger partial charge on any atom is -0.493 e. The van der Waals surface area contributed by atoms with Gasteiger partial charge in [0.1, 0.15) is 12.4 Å². The van der Waals surface area contributed by atoms with Crippen molar-refractivity contribution in [3.05, 3.63) is 124 Å². The molecule has 2 atom stereocenters. The van der Waals surface area contributed by atoms with E-state index in [1.54, 1.807) is 7.11 Å². The Morgan fingerprint density at radius 1 is 0.917 bits per heavy atom. The third-order valence-electron chi connectivity index (χ3n) is 6.59. The molecular formula is C30H25ClN2O3. The van der Waals surface area contributed by atoms with Gasteiger partial charge in [-0.1, -0.05) is 66.2 Å². The van der Waals surface area contributed by atoms with Gasteiger partial charge in [-0.15, -0.1) is 0 Å². The number of benzene rings is 4. The lowest BCUT2D eigenvalue weighted by Crippen LogP contribution is -2.33. The summed E-state index contributed by atoms with van der Waals surface area (Å²) in [5.74, 6) is 2.29. The maximum atomic E-state index is 6.56. The normalized spacial score (nSPS) is 18.1. The number of fused-ring (bicyclic) bond motifs is 3. The van der Waals surface area contributed by atoms with E-state index in [0.717, 1.165) is 51.6 Å². The molecule has 2 heterocycles. The molecule has 0 N–H and O–H groups in total. The lowest BCUT2D eigenvalue weighted by molar-refractivity contribution is -0.0209. The molecule has 0 spiro atoms. The van der Waals surface area contributed by atoms with Crippen LogP contribution in [0.15, 0.2) is 102 Å². The van der Waals surface area contributed by atoms with Crippen molar-refractivity contribution >= 4 is 17.3 Å². The van der Waals surface area contributed by atoms with Gasteiger partial charge in [0.15, 0.2) is 11.5 Å². The average Bonchev–Trinajstić information content (AvgIpc) is 3.38. The summed E-state index contributed by atoms with van der Waals surface area (Å²) >= 11 is 6.12. The van der Waals surface area contributed by atoms with Crippen LogP contribution in [-0.4, -0.2) is 17.8 Å². The van der Waals surface area contributed by atoms with Crippen molar-refractivity contribution in [3.8, 4) is 17.2 Å². The van der Waals surface area contributed by atoms with E-state index in [-0.39, 0.29) is 6.04 Å². The number of hydrazone groups is 1. The van der Waals surface area contributed by atoms with E-state index in [1.165, 1.54) is 0 Å². The molecule has 6 rings (SSSR count). The van der Waals surface area contributed by atoms with Crippen LogP contribution in [0.25, 0.3) is 0 Å². The summed E-state index contributed by atoms with van der Waals surface area (Å²) in [5.41, 5.74) is 5.25. The van der Waals surface area contributed by atoms with Crippen LogP contribution in [0.3, 0.4) is 0 Å². The van der Waals surface area contributed by atoms with Crippen LogP contribution in [0.2, 0.25) is 5.02 Å². The molecule has 0 aromatic heterocycles. The van der Waals surface area contributed by atoms with Crippen molar-refractivity contribution in [2.45, 2.75) is 25.3 Å². The second-order valence-electron chi connectivity index (χ2n) is 8.85. The number of rotatable bonds is 6. The van der Waals surface area contributed by atoms with Crippen LogP contribution in [0, 0.1) is 0 Å². The molecule has 6 heteroatoms. The Morgan fingerprint density at radius 3 is 2.44 bits per heavy atom. The molecule has 0 bridgehead atoms. The van der Waals surface area contributed by atoms with Crippen LogP contribution in [0.5, 0.6) is 17.2 Å². The van der Waals surface area contributed by atoms with Crippen LogP contribution in [-0.2, 0) is 6.61 Å². The van der Waals surface area contributed by atoms with Gasteiger partial charge in [-0.25, -0.2) is 5.01 Å². The molecule has 0 aliphatic carbocycles. The fraction of sp³-hybridized carbons (Fsp3) is 0.167. The third kappa shape index (κ3) is 4.27. The van der Waals surface area contributed by atoms with Crippen molar-refractivity contribution in [2.24, 2.45) is 5.10 Å². The second-order valence-corrected chi connectivity index (χ2v) is 9.28. The van der Waals surface area contributed by atoms with Gasteiger partial charge in [0.2, 0.25) is 6.23 Å². The Bertz CT molecular complexity index is 1390. The Balaban J connectivity index is 1.31. The Labute approximate surface area is 215 Å². The molecule has 0 saturated carbocycles. The van der Waals surface area contributed by atoms with Crippen LogP contribution in [0.1, 0.15) is 40.9 Å². The number of para-hydroxylation sites is 1.